The summed E-state index contributed by atoms with van der Waals surface area (Å²) in [7, 11) is 0. The zero-order chi connectivity index (χ0) is 15.6. The second kappa shape index (κ2) is 6.19. The minimum Gasteiger partial charge on any atom is -0.398 e. The Morgan fingerprint density at radius 1 is 1.00 bits per heavy atom. The summed E-state index contributed by atoms with van der Waals surface area (Å²) in [5.74, 6) is 0. The lowest BCUT2D eigenvalue weighted by molar-refractivity contribution is -0.0402. The quantitative estimate of drug-likeness (QED) is 0.884. The predicted octanol–water partition coefficient (Wildman–Crippen LogP) is 3.33. The molecule has 2 aromatic rings. The van der Waals surface area contributed by atoms with Gasteiger partial charge in [0.05, 0.1) is 19.3 Å². The number of hydrogen-bond donors (Lipinski definition) is 1. The highest BCUT2D eigenvalue weighted by Gasteiger charge is 2.35. The van der Waals surface area contributed by atoms with Gasteiger partial charge >= 0.3 is 0 Å². The van der Waals surface area contributed by atoms with Gasteiger partial charge in [0.2, 0.25) is 0 Å². The van der Waals surface area contributed by atoms with Crippen LogP contribution < -0.4 is 5.73 Å². The number of benzene rings is 2. The second-order valence-electron chi connectivity index (χ2n) is 6.40. The van der Waals surface area contributed by atoms with Gasteiger partial charge in [-0.1, -0.05) is 54.6 Å². The van der Waals surface area contributed by atoms with Crippen LogP contribution in [0.3, 0.4) is 0 Å². The first-order chi connectivity index (χ1) is 11.3. The molecule has 2 unspecified atom stereocenters. The Morgan fingerprint density at radius 3 is 2.57 bits per heavy atom. The number of nitrogen functional groups attached to an aromatic ring is 1. The summed E-state index contributed by atoms with van der Waals surface area (Å²) in [5.41, 5.74) is 11.0. The van der Waals surface area contributed by atoms with Gasteiger partial charge in [-0.2, -0.15) is 0 Å². The van der Waals surface area contributed by atoms with Gasteiger partial charge in [-0.25, -0.2) is 0 Å². The van der Waals surface area contributed by atoms with Crippen LogP contribution in [0.4, 0.5) is 5.69 Å². The first-order valence-electron chi connectivity index (χ1n) is 8.24. The van der Waals surface area contributed by atoms with E-state index in [2.05, 4.69) is 53.4 Å². The van der Waals surface area contributed by atoms with Crippen LogP contribution in [0.5, 0.6) is 0 Å². The molecule has 118 valence electrons. The van der Waals surface area contributed by atoms with Crippen molar-refractivity contribution in [3.8, 4) is 0 Å². The van der Waals surface area contributed by atoms with E-state index in [-0.39, 0.29) is 0 Å². The number of hydrogen-bond acceptors (Lipinski definition) is 3. The first-order valence-corrected chi connectivity index (χ1v) is 8.24. The second-order valence-corrected chi connectivity index (χ2v) is 6.40. The molecular weight excluding hydrogens is 284 g/mol. The van der Waals surface area contributed by atoms with Gasteiger partial charge in [0.1, 0.15) is 0 Å². The van der Waals surface area contributed by atoms with Gasteiger partial charge in [0.25, 0.3) is 0 Å². The molecule has 2 aliphatic heterocycles. The van der Waals surface area contributed by atoms with Crippen molar-refractivity contribution in [3.05, 3.63) is 71.8 Å². The zero-order valence-corrected chi connectivity index (χ0v) is 13.2. The summed E-state index contributed by atoms with van der Waals surface area (Å²) in [5, 5.41) is 0. The zero-order valence-electron chi connectivity index (χ0n) is 13.2. The number of ether oxygens (including phenoxy) is 1. The summed E-state index contributed by atoms with van der Waals surface area (Å²) in [4.78, 5) is 2.57. The fourth-order valence-electron chi connectivity index (χ4n) is 3.69. The van der Waals surface area contributed by atoms with Crippen molar-refractivity contribution < 1.29 is 4.74 Å². The Labute approximate surface area is 137 Å². The van der Waals surface area contributed by atoms with Crippen molar-refractivity contribution >= 4 is 11.3 Å². The SMILES string of the molecule is Nc1ccccc1C1=CC2COCC(C1)N2Cc1ccccc1. The fraction of sp³-hybridized carbons (Fsp3) is 0.300. The fourth-order valence-corrected chi connectivity index (χ4v) is 3.69. The molecule has 3 heteroatoms. The molecule has 2 N–H and O–H groups in total. The minimum atomic E-state index is 0.331. The van der Waals surface area contributed by atoms with Gasteiger partial charge in [-0.05, 0) is 23.6 Å². The summed E-state index contributed by atoms with van der Waals surface area (Å²) >= 11 is 0. The highest BCUT2D eigenvalue weighted by molar-refractivity contribution is 5.76. The highest BCUT2D eigenvalue weighted by atomic mass is 16.5. The van der Waals surface area contributed by atoms with E-state index < -0.39 is 0 Å². The molecule has 0 spiro atoms. The van der Waals surface area contributed by atoms with Crippen molar-refractivity contribution in [2.24, 2.45) is 0 Å². The van der Waals surface area contributed by atoms with Crippen molar-refractivity contribution in [2.75, 3.05) is 18.9 Å². The van der Waals surface area contributed by atoms with Gasteiger partial charge in [-0.3, -0.25) is 4.90 Å². The molecule has 23 heavy (non-hydrogen) atoms. The van der Waals surface area contributed by atoms with Crippen molar-refractivity contribution in [1.82, 2.24) is 4.90 Å². The summed E-state index contributed by atoms with van der Waals surface area (Å²) < 4.78 is 5.80. The number of nitrogens with two attached hydrogens (primary N) is 1. The third-order valence-corrected chi connectivity index (χ3v) is 4.86. The average molecular weight is 306 g/mol. The van der Waals surface area contributed by atoms with Gasteiger partial charge in [0, 0.05) is 23.8 Å². The smallest absolute Gasteiger partial charge is 0.0658 e. The standard InChI is InChI=1S/C20H22N2O/c21-20-9-5-4-8-19(20)16-10-17-13-23-14-18(11-16)22(17)12-15-6-2-1-3-7-15/h1-10,17-18H,11-14,21H2. The summed E-state index contributed by atoms with van der Waals surface area (Å²) in [6, 6.07) is 19.6. The Hall–Kier alpha value is -2.10. The molecule has 0 aliphatic carbocycles. The number of fused-ring (bicyclic) bond motifs is 2. The van der Waals surface area contributed by atoms with Crippen LogP contribution in [0.25, 0.3) is 5.57 Å². The summed E-state index contributed by atoms with van der Waals surface area (Å²) in [6.45, 7) is 2.54. The molecule has 2 heterocycles. The van der Waals surface area contributed by atoms with Crippen molar-refractivity contribution in [3.63, 3.8) is 0 Å². The van der Waals surface area contributed by atoms with E-state index >= 15 is 0 Å². The third-order valence-electron chi connectivity index (χ3n) is 4.86. The molecule has 1 saturated heterocycles. The molecule has 2 aromatic carbocycles. The number of para-hydroxylation sites is 1. The Morgan fingerprint density at radius 2 is 1.78 bits per heavy atom. The van der Waals surface area contributed by atoms with E-state index in [1.165, 1.54) is 16.7 Å². The molecule has 3 nitrogen and oxygen atoms in total. The number of anilines is 1. The minimum absolute atomic E-state index is 0.331. The molecule has 0 amide bonds. The maximum atomic E-state index is 6.17. The molecule has 0 aromatic heterocycles. The first kappa shape index (κ1) is 14.5. The van der Waals surface area contributed by atoms with E-state index in [1.807, 2.05) is 12.1 Å². The number of rotatable bonds is 3. The molecule has 2 bridgehead atoms. The van der Waals surface area contributed by atoms with E-state index in [1.54, 1.807) is 0 Å². The molecular formula is C20H22N2O. The average Bonchev–Trinajstić information content (AvgIpc) is 2.56. The lowest BCUT2D eigenvalue weighted by atomic mass is 9.88. The Kier molecular flexibility index (Phi) is 3.90. The van der Waals surface area contributed by atoms with Crippen LogP contribution in [-0.2, 0) is 11.3 Å². The number of morpholine rings is 1. The molecule has 2 aliphatic rings. The van der Waals surface area contributed by atoms with E-state index in [4.69, 9.17) is 10.5 Å². The lowest BCUT2D eigenvalue weighted by Gasteiger charge is -2.45. The Bertz CT molecular complexity index is 711. The van der Waals surface area contributed by atoms with E-state index in [0.717, 1.165) is 31.9 Å². The molecule has 0 saturated carbocycles. The lowest BCUT2D eigenvalue weighted by Crippen LogP contribution is -2.53. The third kappa shape index (κ3) is 2.90. The van der Waals surface area contributed by atoms with E-state index in [9.17, 15) is 0 Å². The number of nitrogens with zero attached hydrogens (tertiary/aromatic N) is 1. The maximum absolute atomic E-state index is 6.17. The van der Waals surface area contributed by atoms with Crippen LogP contribution in [0.15, 0.2) is 60.7 Å². The largest absolute Gasteiger partial charge is 0.398 e. The van der Waals surface area contributed by atoms with Gasteiger partial charge < -0.3 is 10.5 Å². The van der Waals surface area contributed by atoms with Crippen LogP contribution in [0.2, 0.25) is 0 Å². The van der Waals surface area contributed by atoms with Crippen molar-refractivity contribution in [2.45, 2.75) is 25.0 Å². The molecule has 0 radical (unpaired) electrons. The van der Waals surface area contributed by atoms with Crippen LogP contribution in [0, 0.1) is 0 Å². The highest BCUT2D eigenvalue weighted by Crippen LogP contribution is 2.35. The molecule has 1 fully saturated rings. The summed E-state index contributed by atoms with van der Waals surface area (Å²) in [6.07, 6.45) is 3.35. The monoisotopic (exact) mass is 306 g/mol. The van der Waals surface area contributed by atoms with E-state index in [0.29, 0.717) is 12.1 Å². The van der Waals surface area contributed by atoms with Crippen LogP contribution >= 0.6 is 0 Å². The molecule has 4 rings (SSSR count). The maximum Gasteiger partial charge on any atom is 0.0658 e. The van der Waals surface area contributed by atoms with Gasteiger partial charge in [-0.15, -0.1) is 0 Å². The van der Waals surface area contributed by atoms with Crippen LogP contribution in [-0.4, -0.2) is 30.2 Å². The Balaban J connectivity index is 1.62. The van der Waals surface area contributed by atoms with Crippen LogP contribution in [0.1, 0.15) is 17.5 Å². The van der Waals surface area contributed by atoms with Crippen molar-refractivity contribution in [1.29, 1.82) is 0 Å². The molecule has 2 atom stereocenters. The normalized spacial score (nSPS) is 24.3. The topological polar surface area (TPSA) is 38.5 Å². The van der Waals surface area contributed by atoms with Gasteiger partial charge in [0.15, 0.2) is 0 Å². The predicted molar refractivity (Wildman–Crippen MR) is 93.8 cm³/mol.